The highest BCUT2D eigenvalue weighted by Gasteiger charge is 2.25. The Bertz CT molecular complexity index is 218. The quantitative estimate of drug-likeness (QED) is 0.732. The van der Waals surface area contributed by atoms with Crippen molar-refractivity contribution in [2.24, 2.45) is 11.8 Å². The standard InChI is InChI=1S/C13H25NO2/c1-4-7-16-9-13(15)14-12-6-5-10(2)11(3)8-12/h10-12H,4-9H2,1-3H3,(H,14,15). The third-order valence-electron chi connectivity index (χ3n) is 3.54. The predicted molar refractivity (Wildman–Crippen MR) is 65.2 cm³/mol. The van der Waals surface area contributed by atoms with Gasteiger partial charge in [0.2, 0.25) is 5.91 Å². The van der Waals surface area contributed by atoms with E-state index in [1.807, 2.05) is 6.92 Å². The van der Waals surface area contributed by atoms with E-state index in [4.69, 9.17) is 4.74 Å². The van der Waals surface area contributed by atoms with E-state index in [0.717, 1.165) is 31.1 Å². The van der Waals surface area contributed by atoms with Crippen molar-refractivity contribution in [3.63, 3.8) is 0 Å². The molecule has 0 heterocycles. The molecule has 1 amide bonds. The molecule has 1 rings (SSSR count). The number of rotatable bonds is 5. The third kappa shape index (κ3) is 4.52. The highest BCUT2D eigenvalue weighted by molar-refractivity contribution is 5.77. The summed E-state index contributed by atoms with van der Waals surface area (Å²) in [5, 5.41) is 3.06. The zero-order chi connectivity index (χ0) is 12.0. The Morgan fingerprint density at radius 1 is 1.31 bits per heavy atom. The predicted octanol–water partition coefficient (Wildman–Crippen LogP) is 2.35. The molecule has 94 valence electrons. The van der Waals surface area contributed by atoms with E-state index in [1.165, 1.54) is 6.42 Å². The van der Waals surface area contributed by atoms with Crippen LogP contribution >= 0.6 is 0 Å². The lowest BCUT2D eigenvalue weighted by molar-refractivity contribution is -0.126. The van der Waals surface area contributed by atoms with Crippen LogP contribution in [0.15, 0.2) is 0 Å². The fourth-order valence-corrected chi connectivity index (χ4v) is 2.26. The maximum absolute atomic E-state index is 11.5. The highest BCUT2D eigenvalue weighted by Crippen LogP contribution is 2.29. The number of hydrogen-bond donors (Lipinski definition) is 1. The van der Waals surface area contributed by atoms with Crippen molar-refractivity contribution in [3.8, 4) is 0 Å². The van der Waals surface area contributed by atoms with Gasteiger partial charge in [0.15, 0.2) is 0 Å². The minimum absolute atomic E-state index is 0.0419. The molecular formula is C13H25NO2. The maximum Gasteiger partial charge on any atom is 0.246 e. The van der Waals surface area contributed by atoms with Crippen LogP contribution < -0.4 is 5.32 Å². The molecule has 1 N–H and O–H groups in total. The van der Waals surface area contributed by atoms with Crippen LogP contribution in [0.25, 0.3) is 0 Å². The van der Waals surface area contributed by atoms with Crippen LogP contribution in [-0.4, -0.2) is 25.2 Å². The molecule has 3 nitrogen and oxygen atoms in total. The third-order valence-corrected chi connectivity index (χ3v) is 3.54. The van der Waals surface area contributed by atoms with Crippen LogP contribution in [0.4, 0.5) is 0 Å². The molecule has 0 radical (unpaired) electrons. The van der Waals surface area contributed by atoms with Gasteiger partial charge in [-0.25, -0.2) is 0 Å². The van der Waals surface area contributed by atoms with Gasteiger partial charge in [-0.05, 0) is 37.5 Å². The minimum Gasteiger partial charge on any atom is -0.372 e. The average Bonchev–Trinajstić information content (AvgIpc) is 2.24. The Morgan fingerprint density at radius 2 is 2.06 bits per heavy atom. The van der Waals surface area contributed by atoms with Crippen LogP contribution in [0.5, 0.6) is 0 Å². The molecule has 1 aliphatic rings. The summed E-state index contributed by atoms with van der Waals surface area (Å²) in [6.07, 6.45) is 4.42. The Morgan fingerprint density at radius 3 is 2.69 bits per heavy atom. The number of hydrogen-bond acceptors (Lipinski definition) is 2. The van der Waals surface area contributed by atoms with Crippen molar-refractivity contribution < 1.29 is 9.53 Å². The minimum atomic E-state index is 0.0419. The van der Waals surface area contributed by atoms with Crippen molar-refractivity contribution in [2.75, 3.05) is 13.2 Å². The topological polar surface area (TPSA) is 38.3 Å². The Balaban J connectivity index is 2.19. The first-order chi connectivity index (χ1) is 7.63. The molecule has 1 saturated carbocycles. The second-order valence-corrected chi connectivity index (χ2v) is 5.08. The van der Waals surface area contributed by atoms with Crippen molar-refractivity contribution >= 4 is 5.91 Å². The fourth-order valence-electron chi connectivity index (χ4n) is 2.26. The van der Waals surface area contributed by atoms with Crippen LogP contribution in [-0.2, 0) is 9.53 Å². The van der Waals surface area contributed by atoms with Crippen LogP contribution in [0, 0.1) is 11.8 Å². The van der Waals surface area contributed by atoms with E-state index < -0.39 is 0 Å². The van der Waals surface area contributed by atoms with Gasteiger partial charge in [0, 0.05) is 12.6 Å². The zero-order valence-corrected chi connectivity index (χ0v) is 10.8. The fraction of sp³-hybridized carbons (Fsp3) is 0.923. The lowest BCUT2D eigenvalue weighted by atomic mass is 9.79. The SMILES string of the molecule is CCCOCC(=O)NC1CCC(C)C(C)C1. The van der Waals surface area contributed by atoms with E-state index in [9.17, 15) is 4.79 Å². The van der Waals surface area contributed by atoms with E-state index >= 15 is 0 Å². The second-order valence-electron chi connectivity index (χ2n) is 5.08. The normalized spacial score (nSPS) is 30.1. The lowest BCUT2D eigenvalue weighted by Crippen LogP contribution is -2.41. The molecule has 0 aromatic heterocycles. The van der Waals surface area contributed by atoms with E-state index in [1.54, 1.807) is 0 Å². The first-order valence-corrected chi connectivity index (χ1v) is 6.50. The first kappa shape index (κ1) is 13.5. The Hall–Kier alpha value is -0.570. The number of carbonyl (C=O) groups excluding carboxylic acids is 1. The van der Waals surface area contributed by atoms with Crippen molar-refractivity contribution in [2.45, 2.75) is 52.5 Å². The summed E-state index contributed by atoms with van der Waals surface area (Å²) in [6, 6.07) is 0.365. The number of ether oxygens (including phenoxy) is 1. The summed E-state index contributed by atoms with van der Waals surface area (Å²) in [7, 11) is 0. The first-order valence-electron chi connectivity index (χ1n) is 6.50. The molecule has 0 aromatic carbocycles. The Labute approximate surface area is 98.9 Å². The molecule has 3 unspecified atom stereocenters. The van der Waals surface area contributed by atoms with Gasteiger partial charge in [-0.2, -0.15) is 0 Å². The smallest absolute Gasteiger partial charge is 0.246 e. The van der Waals surface area contributed by atoms with Gasteiger partial charge in [-0.3, -0.25) is 4.79 Å². The molecule has 0 aromatic rings. The molecule has 1 aliphatic carbocycles. The monoisotopic (exact) mass is 227 g/mol. The van der Waals surface area contributed by atoms with Gasteiger partial charge in [0.1, 0.15) is 6.61 Å². The molecule has 16 heavy (non-hydrogen) atoms. The summed E-state index contributed by atoms with van der Waals surface area (Å²) in [5.74, 6) is 1.56. The van der Waals surface area contributed by atoms with Gasteiger partial charge in [0.05, 0.1) is 0 Å². The largest absolute Gasteiger partial charge is 0.372 e. The van der Waals surface area contributed by atoms with Gasteiger partial charge in [-0.1, -0.05) is 20.8 Å². The van der Waals surface area contributed by atoms with Gasteiger partial charge < -0.3 is 10.1 Å². The average molecular weight is 227 g/mol. The van der Waals surface area contributed by atoms with Crippen LogP contribution in [0.2, 0.25) is 0 Å². The Kier molecular flexibility index (Phi) is 5.81. The molecular weight excluding hydrogens is 202 g/mol. The van der Waals surface area contributed by atoms with Crippen molar-refractivity contribution in [1.29, 1.82) is 0 Å². The lowest BCUT2D eigenvalue weighted by Gasteiger charge is -2.32. The summed E-state index contributed by atoms with van der Waals surface area (Å²) in [5.41, 5.74) is 0. The molecule has 0 saturated heterocycles. The van der Waals surface area contributed by atoms with Gasteiger partial charge in [0.25, 0.3) is 0 Å². The molecule has 1 fully saturated rings. The summed E-state index contributed by atoms with van der Waals surface area (Å²) in [4.78, 5) is 11.5. The van der Waals surface area contributed by atoms with E-state index in [2.05, 4.69) is 19.2 Å². The number of carbonyl (C=O) groups is 1. The summed E-state index contributed by atoms with van der Waals surface area (Å²) >= 11 is 0. The number of amides is 1. The van der Waals surface area contributed by atoms with E-state index in [0.29, 0.717) is 12.6 Å². The summed E-state index contributed by atoms with van der Waals surface area (Å²) < 4.78 is 5.22. The van der Waals surface area contributed by atoms with Crippen molar-refractivity contribution in [3.05, 3.63) is 0 Å². The maximum atomic E-state index is 11.5. The molecule has 0 bridgehead atoms. The van der Waals surface area contributed by atoms with Crippen LogP contribution in [0.1, 0.15) is 46.5 Å². The highest BCUT2D eigenvalue weighted by atomic mass is 16.5. The second kappa shape index (κ2) is 6.89. The molecule has 3 heteroatoms. The number of nitrogens with one attached hydrogen (secondary N) is 1. The van der Waals surface area contributed by atoms with E-state index in [-0.39, 0.29) is 12.5 Å². The van der Waals surface area contributed by atoms with Crippen LogP contribution in [0.3, 0.4) is 0 Å². The van der Waals surface area contributed by atoms with Gasteiger partial charge in [-0.15, -0.1) is 0 Å². The molecule has 3 atom stereocenters. The zero-order valence-electron chi connectivity index (χ0n) is 10.8. The molecule has 0 aliphatic heterocycles. The summed E-state index contributed by atoms with van der Waals surface area (Å²) in [6.45, 7) is 7.51. The molecule has 0 spiro atoms. The van der Waals surface area contributed by atoms with Gasteiger partial charge >= 0.3 is 0 Å². The van der Waals surface area contributed by atoms with Crippen molar-refractivity contribution in [1.82, 2.24) is 5.32 Å².